The number of hydrogen-bond donors (Lipinski definition) is 2. The molecule has 0 spiro atoms. The van der Waals surface area contributed by atoms with Gasteiger partial charge >= 0.3 is 0 Å². The summed E-state index contributed by atoms with van der Waals surface area (Å²) in [5.74, 6) is 3.23. The summed E-state index contributed by atoms with van der Waals surface area (Å²) >= 11 is 0. The number of benzene rings is 1. The third-order valence-electron chi connectivity index (χ3n) is 5.63. The van der Waals surface area contributed by atoms with Gasteiger partial charge in [0, 0.05) is 51.4 Å². The van der Waals surface area contributed by atoms with Gasteiger partial charge in [0.15, 0.2) is 5.96 Å². The number of likely N-dealkylation sites (tertiary alicyclic amines) is 1. The van der Waals surface area contributed by atoms with Gasteiger partial charge in [-0.3, -0.25) is 9.89 Å². The number of ether oxygens (including phenoxy) is 2. The summed E-state index contributed by atoms with van der Waals surface area (Å²) in [4.78, 5) is 9.19. The van der Waals surface area contributed by atoms with Gasteiger partial charge in [0.25, 0.3) is 0 Å². The number of nitrogens with zero attached hydrogens (tertiary/aromatic N) is 3. The standard InChI is InChI=1S/C23H41N5O2.HI/c1-17(2)10-20(27(4)5)14-25-23(24-3)26-19-8-9-28(16-19)15-18-11-21(29-6)13-22(12-18)30-7;/h11-13,17,19-20H,8-10,14-16H2,1-7H3,(H2,24,25,26);1H. The fourth-order valence-electron chi connectivity index (χ4n) is 3.93. The van der Waals surface area contributed by atoms with Gasteiger partial charge in [-0.05, 0) is 50.6 Å². The molecule has 178 valence electrons. The molecule has 0 aromatic heterocycles. The van der Waals surface area contributed by atoms with Gasteiger partial charge in [0.1, 0.15) is 11.5 Å². The maximum atomic E-state index is 5.40. The quantitative estimate of drug-likeness (QED) is 0.267. The van der Waals surface area contributed by atoms with E-state index in [-0.39, 0.29) is 24.0 Å². The molecule has 0 radical (unpaired) electrons. The summed E-state index contributed by atoms with van der Waals surface area (Å²) in [7, 11) is 9.52. The second-order valence-corrected chi connectivity index (χ2v) is 8.79. The minimum Gasteiger partial charge on any atom is -0.497 e. The molecule has 0 aliphatic carbocycles. The van der Waals surface area contributed by atoms with Crippen LogP contribution in [-0.4, -0.2) is 82.8 Å². The maximum Gasteiger partial charge on any atom is 0.191 e. The zero-order chi connectivity index (χ0) is 22.1. The highest BCUT2D eigenvalue weighted by molar-refractivity contribution is 14.0. The van der Waals surface area contributed by atoms with Gasteiger partial charge < -0.3 is 25.0 Å². The lowest BCUT2D eigenvalue weighted by Gasteiger charge is -2.27. The van der Waals surface area contributed by atoms with Crippen LogP contribution in [0.25, 0.3) is 0 Å². The molecule has 0 saturated carbocycles. The van der Waals surface area contributed by atoms with E-state index in [9.17, 15) is 0 Å². The molecule has 2 N–H and O–H groups in total. The molecule has 1 aromatic carbocycles. The van der Waals surface area contributed by atoms with Gasteiger partial charge in [-0.2, -0.15) is 0 Å². The van der Waals surface area contributed by atoms with Crippen molar-refractivity contribution >= 4 is 29.9 Å². The molecule has 1 aliphatic heterocycles. The zero-order valence-electron chi connectivity index (χ0n) is 20.3. The number of aliphatic imine (C=N–C) groups is 1. The Hall–Kier alpha value is -1.26. The van der Waals surface area contributed by atoms with E-state index in [0.29, 0.717) is 18.0 Å². The van der Waals surface area contributed by atoms with E-state index in [0.717, 1.165) is 56.5 Å². The van der Waals surface area contributed by atoms with E-state index >= 15 is 0 Å². The second kappa shape index (κ2) is 14.0. The van der Waals surface area contributed by atoms with Crippen molar-refractivity contribution in [1.29, 1.82) is 0 Å². The van der Waals surface area contributed by atoms with Crippen LogP contribution < -0.4 is 20.1 Å². The largest absolute Gasteiger partial charge is 0.497 e. The normalized spacial score (nSPS) is 18.1. The van der Waals surface area contributed by atoms with E-state index in [4.69, 9.17) is 9.47 Å². The minimum absolute atomic E-state index is 0. The predicted molar refractivity (Wildman–Crippen MR) is 140 cm³/mol. The SMILES string of the molecule is CN=C(NCC(CC(C)C)N(C)C)NC1CCN(Cc2cc(OC)cc(OC)c2)C1.I. The van der Waals surface area contributed by atoms with Crippen LogP contribution in [0.15, 0.2) is 23.2 Å². The van der Waals surface area contributed by atoms with Crippen LogP contribution in [0, 0.1) is 5.92 Å². The molecule has 0 amide bonds. The summed E-state index contributed by atoms with van der Waals surface area (Å²) in [6.07, 6.45) is 2.27. The number of likely N-dealkylation sites (N-methyl/N-ethyl adjacent to an activating group) is 1. The molecular weight excluding hydrogens is 505 g/mol. The first kappa shape index (κ1) is 27.8. The van der Waals surface area contributed by atoms with E-state index in [1.54, 1.807) is 14.2 Å². The van der Waals surface area contributed by atoms with Crippen molar-refractivity contribution in [2.45, 2.75) is 45.3 Å². The predicted octanol–water partition coefficient (Wildman–Crippen LogP) is 3.04. The molecule has 1 heterocycles. The zero-order valence-corrected chi connectivity index (χ0v) is 22.6. The molecule has 2 atom stereocenters. The van der Waals surface area contributed by atoms with Crippen LogP contribution in [0.5, 0.6) is 11.5 Å². The lowest BCUT2D eigenvalue weighted by Crippen LogP contribution is -2.48. The summed E-state index contributed by atoms with van der Waals surface area (Å²) in [5.41, 5.74) is 1.21. The summed E-state index contributed by atoms with van der Waals surface area (Å²) < 4.78 is 10.8. The topological polar surface area (TPSA) is 61.4 Å². The van der Waals surface area contributed by atoms with Gasteiger partial charge in [0.05, 0.1) is 14.2 Å². The Balaban J connectivity index is 0.00000480. The van der Waals surface area contributed by atoms with E-state index in [2.05, 4.69) is 65.5 Å². The van der Waals surface area contributed by atoms with Crippen LogP contribution in [0.2, 0.25) is 0 Å². The Bertz CT molecular complexity index is 662. The smallest absolute Gasteiger partial charge is 0.191 e. The molecule has 31 heavy (non-hydrogen) atoms. The number of nitrogens with one attached hydrogen (secondary N) is 2. The highest BCUT2D eigenvalue weighted by Crippen LogP contribution is 2.24. The molecule has 1 aromatic rings. The molecular formula is C23H42IN5O2. The third kappa shape index (κ3) is 9.41. The fourth-order valence-corrected chi connectivity index (χ4v) is 3.93. The molecule has 8 heteroatoms. The number of methoxy groups -OCH3 is 2. The highest BCUT2D eigenvalue weighted by Gasteiger charge is 2.24. The average molecular weight is 548 g/mol. The molecule has 1 aliphatic rings. The average Bonchev–Trinajstić information content (AvgIpc) is 3.15. The molecule has 2 rings (SSSR count). The summed E-state index contributed by atoms with van der Waals surface area (Å²) in [6, 6.07) is 6.96. The Morgan fingerprint density at radius 2 is 1.84 bits per heavy atom. The summed E-state index contributed by atoms with van der Waals surface area (Å²) in [6.45, 7) is 8.37. The van der Waals surface area contributed by atoms with Crippen molar-refractivity contribution < 1.29 is 9.47 Å². The maximum absolute atomic E-state index is 5.40. The van der Waals surface area contributed by atoms with Crippen molar-refractivity contribution in [3.05, 3.63) is 23.8 Å². The first-order valence-electron chi connectivity index (χ1n) is 10.9. The Labute approximate surface area is 206 Å². The first-order valence-corrected chi connectivity index (χ1v) is 10.9. The van der Waals surface area contributed by atoms with Gasteiger partial charge in [-0.15, -0.1) is 24.0 Å². The first-order chi connectivity index (χ1) is 14.3. The number of rotatable bonds is 10. The van der Waals surface area contributed by atoms with Crippen molar-refractivity contribution in [2.75, 3.05) is 55.0 Å². The molecule has 0 bridgehead atoms. The Morgan fingerprint density at radius 1 is 1.19 bits per heavy atom. The van der Waals surface area contributed by atoms with E-state index < -0.39 is 0 Å². The summed E-state index contributed by atoms with van der Waals surface area (Å²) in [5, 5.41) is 7.13. The number of guanidine groups is 1. The van der Waals surface area contributed by atoms with Crippen LogP contribution in [0.1, 0.15) is 32.3 Å². The Morgan fingerprint density at radius 3 is 2.35 bits per heavy atom. The van der Waals surface area contributed by atoms with E-state index in [1.165, 1.54) is 5.56 Å². The molecule has 7 nitrogen and oxygen atoms in total. The second-order valence-electron chi connectivity index (χ2n) is 8.79. The number of halogens is 1. The lowest BCUT2D eigenvalue weighted by atomic mass is 10.0. The molecule has 2 unspecified atom stereocenters. The van der Waals surface area contributed by atoms with Crippen LogP contribution in [-0.2, 0) is 6.54 Å². The van der Waals surface area contributed by atoms with Gasteiger partial charge in [-0.25, -0.2) is 0 Å². The van der Waals surface area contributed by atoms with Gasteiger partial charge in [0.2, 0.25) is 0 Å². The van der Waals surface area contributed by atoms with Crippen LogP contribution in [0.3, 0.4) is 0 Å². The van der Waals surface area contributed by atoms with E-state index in [1.807, 2.05) is 13.1 Å². The van der Waals surface area contributed by atoms with Crippen LogP contribution in [0.4, 0.5) is 0 Å². The monoisotopic (exact) mass is 547 g/mol. The Kier molecular flexibility index (Phi) is 12.5. The van der Waals surface area contributed by atoms with Crippen molar-refractivity contribution in [3.8, 4) is 11.5 Å². The third-order valence-corrected chi connectivity index (χ3v) is 5.63. The number of hydrogen-bond acceptors (Lipinski definition) is 5. The minimum atomic E-state index is 0. The van der Waals surface area contributed by atoms with Crippen molar-refractivity contribution in [3.63, 3.8) is 0 Å². The molecule has 1 saturated heterocycles. The lowest BCUT2D eigenvalue weighted by molar-refractivity contribution is 0.254. The molecule has 1 fully saturated rings. The van der Waals surface area contributed by atoms with Gasteiger partial charge in [-0.1, -0.05) is 13.8 Å². The van der Waals surface area contributed by atoms with Crippen molar-refractivity contribution in [2.24, 2.45) is 10.9 Å². The fraction of sp³-hybridized carbons (Fsp3) is 0.696. The van der Waals surface area contributed by atoms with Crippen molar-refractivity contribution in [1.82, 2.24) is 20.4 Å². The van der Waals surface area contributed by atoms with Crippen LogP contribution >= 0.6 is 24.0 Å². The highest BCUT2D eigenvalue weighted by atomic mass is 127.